The van der Waals surface area contributed by atoms with E-state index in [1.165, 1.54) is 0 Å². The Bertz CT molecular complexity index is 1020. The maximum absolute atomic E-state index is 13.1. The van der Waals surface area contributed by atoms with Gasteiger partial charge in [0, 0.05) is 24.7 Å². The lowest BCUT2D eigenvalue weighted by atomic mass is 10.0. The molecule has 27 heavy (non-hydrogen) atoms. The van der Waals surface area contributed by atoms with Crippen LogP contribution in [0.1, 0.15) is 48.1 Å². The van der Waals surface area contributed by atoms with Gasteiger partial charge >= 0.3 is 0 Å². The topological polar surface area (TPSA) is 42.3 Å². The van der Waals surface area contributed by atoms with Gasteiger partial charge in [-0.15, -0.1) is 0 Å². The van der Waals surface area contributed by atoms with Crippen LogP contribution in [0.2, 0.25) is 0 Å². The lowest BCUT2D eigenvalue weighted by Crippen LogP contribution is -2.38. The molecule has 0 bridgehead atoms. The number of likely N-dealkylation sites (tertiary alicyclic amines) is 1. The third-order valence-corrected chi connectivity index (χ3v) is 5.51. The lowest BCUT2D eigenvalue weighted by Gasteiger charge is -2.27. The maximum atomic E-state index is 13.1. The van der Waals surface area contributed by atoms with Crippen LogP contribution in [0.4, 0.5) is 0 Å². The standard InChI is InChI=1S/C23H24N2O2/c1-17(18-10-4-2-5-11-18)25-16-20(23(27)24-14-8-3-9-15-24)22(26)19-12-6-7-13-21(19)25/h2,4-7,10-13,16-17H,3,8-9,14-15H2,1H3. The summed E-state index contributed by atoms with van der Waals surface area (Å²) in [5.74, 6) is -0.139. The predicted octanol–water partition coefficient (Wildman–Crippen LogP) is 4.24. The Labute approximate surface area is 159 Å². The van der Waals surface area contributed by atoms with Crippen LogP contribution in [0.25, 0.3) is 10.9 Å². The van der Waals surface area contributed by atoms with Gasteiger partial charge in [0.15, 0.2) is 0 Å². The number of aromatic nitrogens is 1. The number of piperidine rings is 1. The SMILES string of the molecule is CC(c1ccccc1)n1cc(C(=O)N2CCCCC2)c(=O)c2ccccc21. The summed E-state index contributed by atoms with van der Waals surface area (Å²) in [6.45, 7) is 3.57. The summed E-state index contributed by atoms with van der Waals surface area (Å²) in [5.41, 5.74) is 2.10. The number of para-hydroxylation sites is 1. The first-order valence-corrected chi connectivity index (χ1v) is 9.65. The van der Waals surface area contributed by atoms with Crippen LogP contribution in [-0.2, 0) is 0 Å². The summed E-state index contributed by atoms with van der Waals surface area (Å²) in [6.07, 6.45) is 4.93. The van der Waals surface area contributed by atoms with E-state index >= 15 is 0 Å². The van der Waals surface area contributed by atoms with E-state index in [-0.39, 0.29) is 22.9 Å². The second-order valence-corrected chi connectivity index (χ2v) is 7.24. The molecule has 1 aliphatic rings. The van der Waals surface area contributed by atoms with Crippen molar-refractivity contribution in [3.8, 4) is 0 Å². The lowest BCUT2D eigenvalue weighted by molar-refractivity contribution is 0.0722. The molecule has 1 fully saturated rings. The molecule has 0 aliphatic carbocycles. The van der Waals surface area contributed by atoms with Crippen molar-refractivity contribution in [3.05, 3.63) is 82.1 Å². The Morgan fingerprint density at radius 2 is 1.59 bits per heavy atom. The highest BCUT2D eigenvalue weighted by molar-refractivity contribution is 5.97. The molecule has 0 radical (unpaired) electrons. The molecule has 2 aromatic carbocycles. The molecule has 0 saturated carbocycles. The van der Waals surface area contributed by atoms with Gasteiger partial charge < -0.3 is 9.47 Å². The van der Waals surface area contributed by atoms with Gasteiger partial charge in [-0.25, -0.2) is 0 Å². The van der Waals surface area contributed by atoms with Crippen LogP contribution in [0.15, 0.2) is 65.6 Å². The third-order valence-electron chi connectivity index (χ3n) is 5.51. The molecular formula is C23H24N2O2. The number of pyridine rings is 1. The molecule has 4 heteroatoms. The van der Waals surface area contributed by atoms with Crippen LogP contribution in [0, 0.1) is 0 Å². The maximum Gasteiger partial charge on any atom is 0.259 e. The Hall–Kier alpha value is -2.88. The van der Waals surface area contributed by atoms with Crippen LogP contribution >= 0.6 is 0 Å². The van der Waals surface area contributed by atoms with E-state index in [4.69, 9.17) is 0 Å². The van der Waals surface area contributed by atoms with Crippen molar-refractivity contribution in [1.29, 1.82) is 0 Å². The van der Waals surface area contributed by atoms with Crippen molar-refractivity contribution >= 4 is 16.8 Å². The van der Waals surface area contributed by atoms with Crippen molar-refractivity contribution in [2.75, 3.05) is 13.1 Å². The van der Waals surface area contributed by atoms with Gasteiger partial charge in [-0.1, -0.05) is 42.5 Å². The first-order valence-electron chi connectivity index (χ1n) is 9.65. The number of hydrogen-bond donors (Lipinski definition) is 0. The molecule has 1 aromatic heterocycles. The predicted molar refractivity (Wildman–Crippen MR) is 108 cm³/mol. The zero-order chi connectivity index (χ0) is 18.8. The van der Waals surface area contributed by atoms with E-state index in [1.807, 2.05) is 47.4 Å². The van der Waals surface area contributed by atoms with E-state index in [0.29, 0.717) is 5.39 Å². The fourth-order valence-electron chi connectivity index (χ4n) is 3.94. The Morgan fingerprint density at radius 1 is 0.926 bits per heavy atom. The summed E-state index contributed by atoms with van der Waals surface area (Å²) in [4.78, 5) is 28.0. The summed E-state index contributed by atoms with van der Waals surface area (Å²) in [7, 11) is 0. The van der Waals surface area contributed by atoms with Gasteiger partial charge in [0.05, 0.1) is 11.6 Å². The number of hydrogen-bond acceptors (Lipinski definition) is 2. The van der Waals surface area contributed by atoms with Gasteiger partial charge in [0.2, 0.25) is 5.43 Å². The van der Waals surface area contributed by atoms with Crippen LogP contribution in [-0.4, -0.2) is 28.5 Å². The Balaban J connectivity index is 1.87. The highest BCUT2D eigenvalue weighted by Crippen LogP contribution is 2.23. The van der Waals surface area contributed by atoms with E-state index in [1.54, 1.807) is 6.20 Å². The number of amides is 1. The van der Waals surface area contributed by atoms with Gasteiger partial charge in [-0.3, -0.25) is 9.59 Å². The van der Waals surface area contributed by atoms with Gasteiger partial charge in [-0.05, 0) is 43.9 Å². The van der Waals surface area contributed by atoms with Crippen molar-refractivity contribution in [3.63, 3.8) is 0 Å². The van der Waals surface area contributed by atoms with Crippen molar-refractivity contribution < 1.29 is 4.79 Å². The molecule has 1 unspecified atom stereocenters. The molecule has 1 saturated heterocycles. The summed E-state index contributed by atoms with van der Waals surface area (Å²) < 4.78 is 2.06. The molecule has 1 amide bonds. The molecule has 4 rings (SSSR count). The largest absolute Gasteiger partial charge is 0.339 e. The fraction of sp³-hybridized carbons (Fsp3) is 0.304. The number of carbonyl (C=O) groups is 1. The Kier molecular flexibility index (Phi) is 4.80. The molecule has 138 valence electrons. The molecule has 1 aliphatic heterocycles. The van der Waals surface area contributed by atoms with Crippen LogP contribution in [0.3, 0.4) is 0 Å². The second kappa shape index (κ2) is 7.39. The zero-order valence-corrected chi connectivity index (χ0v) is 15.6. The highest BCUT2D eigenvalue weighted by Gasteiger charge is 2.23. The first kappa shape index (κ1) is 17.5. The first-order chi connectivity index (χ1) is 13.2. The van der Waals surface area contributed by atoms with Crippen molar-refractivity contribution in [2.45, 2.75) is 32.2 Å². The minimum absolute atomic E-state index is 0.0182. The molecule has 0 spiro atoms. The third kappa shape index (κ3) is 3.27. The molecule has 0 N–H and O–H groups in total. The van der Waals surface area contributed by atoms with Gasteiger partial charge in [0.1, 0.15) is 5.56 Å². The zero-order valence-electron chi connectivity index (χ0n) is 15.6. The van der Waals surface area contributed by atoms with E-state index < -0.39 is 0 Å². The summed E-state index contributed by atoms with van der Waals surface area (Å²) in [6, 6.07) is 17.7. The average Bonchev–Trinajstić information content (AvgIpc) is 2.74. The molecule has 2 heterocycles. The highest BCUT2D eigenvalue weighted by atomic mass is 16.2. The number of carbonyl (C=O) groups excluding carboxylic acids is 1. The smallest absolute Gasteiger partial charge is 0.259 e. The number of nitrogens with zero attached hydrogens (tertiary/aromatic N) is 2. The Morgan fingerprint density at radius 3 is 2.33 bits per heavy atom. The minimum atomic E-state index is -0.169. The number of fused-ring (bicyclic) bond motifs is 1. The van der Waals surface area contributed by atoms with E-state index in [2.05, 4.69) is 23.6 Å². The quantitative estimate of drug-likeness (QED) is 0.701. The fourth-order valence-corrected chi connectivity index (χ4v) is 3.94. The molecular weight excluding hydrogens is 336 g/mol. The molecule has 1 atom stereocenters. The van der Waals surface area contributed by atoms with Crippen molar-refractivity contribution in [1.82, 2.24) is 9.47 Å². The molecule has 3 aromatic rings. The average molecular weight is 360 g/mol. The van der Waals surface area contributed by atoms with Gasteiger partial charge in [0.25, 0.3) is 5.91 Å². The van der Waals surface area contributed by atoms with Crippen LogP contribution in [0.5, 0.6) is 0 Å². The normalized spacial score (nSPS) is 15.7. The monoisotopic (exact) mass is 360 g/mol. The summed E-state index contributed by atoms with van der Waals surface area (Å²) in [5, 5.41) is 0.600. The van der Waals surface area contributed by atoms with Crippen LogP contribution < -0.4 is 5.43 Å². The summed E-state index contributed by atoms with van der Waals surface area (Å²) >= 11 is 0. The minimum Gasteiger partial charge on any atom is -0.339 e. The second-order valence-electron chi connectivity index (χ2n) is 7.24. The van der Waals surface area contributed by atoms with E-state index in [0.717, 1.165) is 43.4 Å². The van der Waals surface area contributed by atoms with Gasteiger partial charge in [-0.2, -0.15) is 0 Å². The van der Waals surface area contributed by atoms with E-state index in [9.17, 15) is 9.59 Å². The molecule has 4 nitrogen and oxygen atoms in total. The number of benzene rings is 2. The van der Waals surface area contributed by atoms with Crippen molar-refractivity contribution in [2.24, 2.45) is 0 Å². The number of rotatable bonds is 3.